The summed E-state index contributed by atoms with van der Waals surface area (Å²) in [6.07, 6.45) is 5.56. The van der Waals surface area contributed by atoms with E-state index in [0.29, 0.717) is 35.2 Å². The molecule has 1 aliphatic carbocycles. The van der Waals surface area contributed by atoms with Gasteiger partial charge in [0, 0.05) is 25.0 Å². The predicted octanol–water partition coefficient (Wildman–Crippen LogP) is 5.80. The van der Waals surface area contributed by atoms with Crippen molar-refractivity contribution in [3.05, 3.63) is 83.4 Å². The molecule has 0 aliphatic heterocycles. The molecule has 0 spiro atoms. The lowest BCUT2D eigenvalue weighted by atomic mass is 10.0. The lowest BCUT2D eigenvalue weighted by Gasteiger charge is -2.27. The van der Waals surface area contributed by atoms with Crippen LogP contribution in [0.2, 0.25) is 0 Å². The summed E-state index contributed by atoms with van der Waals surface area (Å²) in [5.41, 5.74) is 4.63. The quantitative estimate of drug-likeness (QED) is 0.231. The van der Waals surface area contributed by atoms with Crippen LogP contribution >= 0.6 is 0 Å². The number of nitrogens with zero attached hydrogens (tertiary/aromatic N) is 2. The standard InChI is InChI=1S/C36H44N4O6/c1-25-18-26(2)20-30(19-25)39(3)34(42)24-46-32-15-8-7-14-31(32)40(17-16-27-10-5-6-11-27)33(41)23-37-36(44)38-29-13-9-12-28(21-29)22-35(43)45-4/h7-9,12-15,18-21,27H,5-6,10-11,16-17,22-24H2,1-4H3,(H2,37,38,44). The molecule has 0 aromatic heterocycles. The lowest BCUT2D eigenvalue weighted by molar-refractivity contribution is -0.139. The molecule has 4 amide bonds. The molecule has 0 unspecified atom stereocenters. The highest BCUT2D eigenvalue weighted by Gasteiger charge is 2.24. The molecule has 244 valence electrons. The summed E-state index contributed by atoms with van der Waals surface area (Å²) in [6, 6.07) is 19.4. The first-order chi connectivity index (χ1) is 22.1. The van der Waals surface area contributed by atoms with Gasteiger partial charge in [-0.3, -0.25) is 14.4 Å². The third-order valence-corrected chi connectivity index (χ3v) is 8.17. The van der Waals surface area contributed by atoms with Crippen molar-refractivity contribution in [1.82, 2.24) is 5.32 Å². The number of likely N-dealkylation sites (N-methyl/N-ethyl adjacent to an activating group) is 1. The van der Waals surface area contributed by atoms with Crippen molar-refractivity contribution in [2.24, 2.45) is 5.92 Å². The summed E-state index contributed by atoms with van der Waals surface area (Å²) in [5, 5.41) is 5.38. The van der Waals surface area contributed by atoms with E-state index in [9.17, 15) is 19.2 Å². The molecule has 10 heteroatoms. The predicted molar refractivity (Wildman–Crippen MR) is 179 cm³/mol. The van der Waals surface area contributed by atoms with Gasteiger partial charge in [-0.25, -0.2) is 4.79 Å². The molecule has 1 aliphatic rings. The smallest absolute Gasteiger partial charge is 0.319 e. The number of hydrogen-bond donors (Lipinski definition) is 2. The van der Waals surface area contributed by atoms with Crippen molar-refractivity contribution < 1.29 is 28.7 Å². The SMILES string of the molecule is COC(=O)Cc1cccc(NC(=O)NCC(=O)N(CCC2CCCC2)c2ccccc2OCC(=O)N(C)c2cc(C)cc(C)c2)c1. The van der Waals surface area contributed by atoms with Gasteiger partial charge in [-0.1, -0.05) is 56.0 Å². The van der Waals surface area contributed by atoms with Crippen LogP contribution in [0.4, 0.5) is 21.9 Å². The molecule has 2 N–H and O–H groups in total. The van der Waals surface area contributed by atoms with E-state index in [1.165, 1.54) is 20.0 Å². The van der Waals surface area contributed by atoms with Crippen LogP contribution in [-0.4, -0.2) is 57.7 Å². The summed E-state index contributed by atoms with van der Waals surface area (Å²) < 4.78 is 10.8. The second-order valence-corrected chi connectivity index (χ2v) is 11.8. The number of benzene rings is 3. The van der Waals surface area contributed by atoms with Gasteiger partial charge in [-0.05, 0) is 79.3 Å². The van der Waals surface area contributed by atoms with E-state index >= 15 is 0 Å². The van der Waals surface area contributed by atoms with Gasteiger partial charge in [-0.2, -0.15) is 0 Å². The first kappa shape index (κ1) is 34.0. The fraction of sp³-hybridized carbons (Fsp3) is 0.389. The minimum absolute atomic E-state index is 0.0804. The molecule has 10 nitrogen and oxygen atoms in total. The molecular formula is C36H44N4O6. The average Bonchev–Trinajstić information content (AvgIpc) is 3.56. The number of esters is 1. The molecule has 0 bridgehead atoms. The van der Waals surface area contributed by atoms with E-state index in [0.717, 1.165) is 36.1 Å². The minimum Gasteiger partial charge on any atom is -0.482 e. The first-order valence-electron chi connectivity index (χ1n) is 15.7. The molecule has 0 radical (unpaired) electrons. The zero-order valence-electron chi connectivity index (χ0n) is 27.1. The molecular weight excluding hydrogens is 584 g/mol. The largest absolute Gasteiger partial charge is 0.482 e. The summed E-state index contributed by atoms with van der Waals surface area (Å²) in [5.74, 6) is 0.0353. The number of para-hydroxylation sites is 2. The number of ether oxygens (including phenoxy) is 2. The maximum Gasteiger partial charge on any atom is 0.319 e. The van der Waals surface area contributed by atoms with Gasteiger partial charge < -0.3 is 29.9 Å². The van der Waals surface area contributed by atoms with Gasteiger partial charge in [0.1, 0.15) is 5.75 Å². The highest BCUT2D eigenvalue weighted by atomic mass is 16.5. The average molecular weight is 629 g/mol. The fourth-order valence-electron chi connectivity index (χ4n) is 5.74. The number of amides is 4. The number of nitrogens with one attached hydrogen (secondary N) is 2. The van der Waals surface area contributed by atoms with Crippen molar-refractivity contribution in [3.8, 4) is 5.75 Å². The van der Waals surface area contributed by atoms with Gasteiger partial charge in [0.25, 0.3) is 5.91 Å². The van der Waals surface area contributed by atoms with Gasteiger partial charge in [0.05, 0.1) is 25.8 Å². The van der Waals surface area contributed by atoms with E-state index in [4.69, 9.17) is 9.47 Å². The Labute approximate surface area is 271 Å². The normalized spacial score (nSPS) is 12.7. The van der Waals surface area contributed by atoms with Crippen LogP contribution in [0.15, 0.2) is 66.7 Å². The number of aryl methyl sites for hydroxylation is 2. The topological polar surface area (TPSA) is 117 Å². The third kappa shape index (κ3) is 9.82. The molecule has 0 heterocycles. The fourth-order valence-corrected chi connectivity index (χ4v) is 5.74. The van der Waals surface area contributed by atoms with Crippen LogP contribution in [0.3, 0.4) is 0 Å². The summed E-state index contributed by atoms with van der Waals surface area (Å²) >= 11 is 0. The van der Waals surface area contributed by atoms with Gasteiger partial charge in [0.15, 0.2) is 6.61 Å². The second-order valence-electron chi connectivity index (χ2n) is 11.8. The van der Waals surface area contributed by atoms with Crippen LogP contribution < -0.4 is 25.2 Å². The number of carbonyl (C=O) groups is 4. The molecule has 3 aromatic carbocycles. The first-order valence-corrected chi connectivity index (χ1v) is 15.7. The van der Waals surface area contributed by atoms with Crippen LogP contribution in [0.1, 0.15) is 48.8 Å². The Morgan fingerprint density at radius 2 is 1.61 bits per heavy atom. The molecule has 46 heavy (non-hydrogen) atoms. The third-order valence-electron chi connectivity index (χ3n) is 8.17. The highest BCUT2D eigenvalue weighted by Crippen LogP contribution is 2.32. The van der Waals surface area contributed by atoms with Crippen LogP contribution in [-0.2, 0) is 25.5 Å². The number of hydrogen-bond acceptors (Lipinski definition) is 6. The van der Waals surface area contributed by atoms with Gasteiger partial charge in [-0.15, -0.1) is 0 Å². The lowest BCUT2D eigenvalue weighted by Crippen LogP contribution is -2.42. The molecule has 0 atom stereocenters. The number of rotatable bonds is 13. The molecule has 3 aromatic rings. The van der Waals surface area contributed by atoms with Crippen molar-refractivity contribution in [2.45, 2.75) is 52.4 Å². The van der Waals surface area contributed by atoms with Crippen molar-refractivity contribution in [2.75, 3.05) is 49.0 Å². The zero-order valence-corrected chi connectivity index (χ0v) is 27.1. The van der Waals surface area contributed by atoms with Crippen LogP contribution in [0.25, 0.3) is 0 Å². The van der Waals surface area contributed by atoms with Gasteiger partial charge >= 0.3 is 12.0 Å². The Hall–Kier alpha value is -4.86. The monoisotopic (exact) mass is 628 g/mol. The van der Waals surface area contributed by atoms with Crippen molar-refractivity contribution >= 4 is 40.9 Å². The van der Waals surface area contributed by atoms with Crippen molar-refractivity contribution in [3.63, 3.8) is 0 Å². The van der Waals surface area contributed by atoms with E-state index in [2.05, 4.69) is 16.7 Å². The highest BCUT2D eigenvalue weighted by molar-refractivity contribution is 5.99. The molecule has 1 saturated carbocycles. The van der Waals surface area contributed by atoms with Crippen LogP contribution in [0, 0.1) is 19.8 Å². The zero-order chi connectivity index (χ0) is 33.1. The van der Waals surface area contributed by atoms with E-state index in [1.54, 1.807) is 59.3 Å². The number of carbonyl (C=O) groups excluding carboxylic acids is 4. The maximum atomic E-state index is 13.7. The van der Waals surface area contributed by atoms with Crippen molar-refractivity contribution in [1.29, 1.82) is 0 Å². The molecule has 4 rings (SSSR count). The number of urea groups is 1. The second kappa shape index (κ2) is 16.5. The number of anilines is 3. The summed E-state index contributed by atoms with van der Waals surface area (Å²) in [4.78, 5) is 54.4. The molecule has 0 saturated heterocycles. The van der Waals surface area contributed by atoms with E-state index in [1.807, 2.05) is 32.0 Å². The van der Waals surface area contributed by atoms with Crippen LogP contribution in [0.5, 0.6) is 5.75 Å². The Bertz CT molecular complexity index is 1510. The summed E-state index contributed by atoms with van der Waals surface area (Å²) in [6.45, 7) is 3.98. The number of methoxy groups -OCH3 is 1. The Balaban J connectivity index is 1.43. The molecule has 1 fully saturated rings. The summed E-state index contributed by atoms with van der Waals surface area (Å²) in [7, 11) is 3.04. The maximum absolute atomic E-state index is 13.7. The Morgan fingerprint density at radius 1 is 0.891 bits per heavy atom. The van der Waals surface area contributed by atoms with E-state index in [-0.39, 0.29) is 37.4 Å². The Kier molecular flexibility index (Phi) is 12.2. The Morgan fingerprint density at radius 3 is 2.33 bits per heavy atom. The van der Waals surface area contributed by atoms with Gasteiger partial charge in [0.2, 0.25) is 5.91 Å². The minimum atomic E-state index is -0.552. The van der Waals surface area contributed by atoms with E-state index < -0.39 is 6.03 Å².